The van der Waals surface area contributed by atoms with Gasteiger partial charge in [0.2, 0.25) is 0 Å². The number of nitrogens with zero attached hydrogens (tertiary/aromatic N) is 6. The van der Waals surface area contributed by atoms with E-state index in [9.17, 15) is 0 Å². The third kappa shape index (κ3) is 1.28. The molecule has 7 rings (SSSR count). The van der Waals surface area contributed by atoms with Crippen molar-refractivity contribution < 1.29 is 0 Å². The van der Waals surface area contributed by atoms with E-state index in [1.807, 2.05) is 12.4 Å². The first-order valence-corrected chi connectivity index (χ1v) is 8.71. The van der Waals surface area contributed by atoms with Crippen molar-refractivity contribution in [2.75, 3.05) is 9.80 Å². The van der Waals surface area contributed by atoms with E-state index in [4.69, 9.17) is 0 Å². The van der Waals surface area contributed by atoms with E-state index in [2.05, 4.69) is 47.9 Å². The van der Waals surface area contributed by atoms with Crippen molar-refractivity contribution in [2.24, 2.45) is 0 Å². The van der Waals surface area contributed by atoms with Gasteiger partial charge in [-0.1, -0.05) is 6.07 Å². The Morgan fingerprint density at radius 1 is 0.760 bits per heavy atom. The molecule has 0 fully saturated rings. The molecule has 0 amide bonds. The second-order valence-corrected chi connectivity index (χ2v) is 7.23. The summed E-state index contributed by atoms with van der Waals surface area (Å²) in [6, 6.07) is 7.52. The van der Waals surface area contributed by atoms with Gasteiger partial charge in [0.05, 0.1) is 35.2 Å². The lowest BCUT2D eigenvalue weighted by Crippen LogP contribution is -2.37. The van der Waals surface area contributed by atoms with Crippen LogP contribution in [-0.2, 0) is 12.8 Å². The lowest BCUT2D eigenvalue weighted by molar-refractivity contribution is 0.501. The van der Waals surface area contributed by atoms with Crippen LogP contribution in [0.3, 0.4) is 0 Å². The van der Waals surface area contributed by atoms with E-state index in [-0.39, 0.29) is 0 Å². The summed E-state index contributed by atoms with van der Waals surface area (Å²) in [6.45, 7) is 0. The first-order valence-electron chi connectivity index (χ1n) is 8.71. The SMILES string of the molecule is c1cc2c3c(c1)N1c4cncnc4CC1C3C1Cc3ncncc3N21. The van der Waals surface area contributed by atoms with Gasteiger partial charge in [-0.3, -0.25) is 0 Å². The molecule has 0 spiro atoms. The maximum Gasteiger partial charge on any atom is 0.115 e. The fourth-order valence-electron chi connectivity index (χ4n) is 5.48. The number of fused-ring (bicyclic) bond motifs is 10. The minimum Gasteiger partial charge on any atom is -0.334 e. The van der Waals surface area contributed by atoms with Crippen molar-refractivity contribution in [3.63, 3.8) is 0 Å². The van der Waals surface area contributed by atoms with Crippen LogP contribution in [0, 0.1) is 0 Å². The zero-order chi connectivity index (χ0) is 16.1. The van der Waals surface area contributed by atoms with Crippen LogP contribution in [0.5, 0.6) is 0 Å². The van der Waals surface area contributed by atoms with E-state index in [1.54, 1.807) is 12.7 Å². The molecule has 1 aromatic carbocycles. The molecule has 0 saturated carbocycles. The predicted molar refractivity (Wildman–Crippen MR) is 92.5 cm³/mol. The maximum atomic E-state index is 4.54. The van der Waals surface area contributed by atoms with Gasteiger partial charge in [0.15, 0.2) is 0 Å². The van der Waals surface area contributed by atoms with E-state index in [0.29, 0.717) is 18.0 Å². The molecule has 6 nitrogen and oxygen atoms in total. The third-order valence-corrected chi connectivity index (χ3v) is 6.27. The highest BCUT2D eigenvalue weighted by atomic mass is 15.3. The molecular weight excluding hydrogens is 312 g/mol. The van der Waals surface area contributed by atoms with E-state index >= 15 is 0 Å². The van der Waals surface area contributed by atoms with Crippen molar-refractivity contribution in [3.8, 4) is 0 Å². The van der Waals surface area contributed by atoms with Gasteiger partial charge >= 0.3 is 0 Å². The van der Waals surface area contributed by atoms with Gasteiger partial charge in [0.25, 0.3) is 0 Å². The molecule has 4 aliphatic heterocycles. The molecule has 0 saturated heterocycles. The smallest absolute Gasteiger partial charge is 0.115 e. The van der Waals surface area contributed by atoms with Crippen molar-refractivity contribution in [3.05, 3.63) is 60.2 Å². The molecule has 3 aromatic rings. The van der Waals surface area contributed by atoms with E-state index in [1.165, 1.54) is 39.7 Å². The maximum absolute atomic E-state index is 4.54. The minimum atomic E-state index is 0.431. The van der Waals surface area contributed by atoms with Crippen LogP contribution in [0.2, 0.25) is 0 Å². The molecule has 0 bridgehead atoms. The summed E-state index contributed by atoms with van der Waals surface area (Å²) in [6.07, 6.45) is 9.25. The molecule has 2 unspecified atom stereocenters. The highest BCUT2D eigenvalue weighted by Crippen LogP contribution is 2.62. The monoisotopic (exact) mass is 326 g/mol. The Hall–Kier alpha value is -3.02. The molecule has 25 heavy (non-hydrogen) atoms. The topological polar surface area (TPSA) is 58.0 Å². The highest BCUT2D eigenvalue weighted by Gasteiger charge is 2.56. The summed E-state index contributed by atoms with van der Waals surface area (Å²) in [5.74, 6) is 0.481. The zero-order valence-corrected chi connectivity index (χ0v) is 13.4. The Balaban J connectivity index is 1.48. The molecule has 4 aliphatic rings. The molecule has 2 aromatic heterocycles. The number of aromatic nitrogens is 4. The van der Waals surface area contributed by atoms with Gasteiger partial charge in [-0.2, -0.15) is 0 Å². The summed E-state index contributed by atoms with van der Waals surface area (Å²) < 4.78 is 0. The van der Waals surface area contributed by atoms with Crippen LogP contribution in [0.4, 0.5) is 22.7 Å². The average molecular weight is 326 g/mol. The van der Waals surface area contributed by atoms with Gasteiger partial charge in [-0.25, -0.2) is 19.9 Å². The Labute approximate surface area is 144 Å². The fourth-order valence-corrected chi connectivity index (χ4v) is 5.48. The molecule has 6 heterocycles. The number of hydrogen-bond donors (Lipinski definition) is 0. The lowest BCUT2D eigenvalue weighted by atomic mass is 9.88. The summed E-state index contributed by atoms with van der Waals surface area (Å²) in [7, 11) is 0. The van der Waals surface area contributed by atoms with Crippen molar-refractivity contribution in [2.45, 2.75) is 30.8 Å². The van der Waals surface area contributed by atoms with Crippen molar-refractivity contribution >= 4 is 22.7 Å². The number of anilines is 4. The van der Waals surface area contributed by atoms with Crippen LogP contribution >= 0.6 is 0 Å². The third-order valence-electron chi connectivity index (χ3n) is 6.27. The normalized spacial score (nSPS) is 26.3. The van der Waals surface area contributed by atoms with Crippen LogP contribution in [0.15, 0.2) is 43.2 Å². The largest absolute Gasteiger partial charge is 0.334 e. The Morgan fingerprint density at radius 2 is 1.32 bits per heavy atom. The molecule has 0 aliphatic carbocycles. The fraction of sp³-hybridized carbons (Fsp3) is 0.263. The summed E-state index contributed by atoms with van der Waals surface area (Å²) in [4.78, 5) is 22.6. The standard InChI is InChI=1S/C19H14N6/c1-2-12-18-13(3-1)25-15(5-11-17(25)7-21-9-23-11)19(18)14-4-10-16(24(12)14)6-20-8-22-10/h1-3,6-9,14-15,19H,4-5H2. The lowest BCUT2D eigenvalue weighted by Gasteiger charge is -2.29. The van der Waals surface area contributed by atoms with Gasteiger partial charge in [-0.15, -0.1) is 0 Å². The van der Waals surface area contributed by atoms with Gasteiger partial charge < -0.3 is 9.80 Å². The molecular formula is C19H14N6. The van der Waals surface area contributed by atoms with Crippen molar-refractivity contribution in [1.82, 2.24) is 19.9 Å². The Morgan fingerprint density at radius 3 is 1.88 bits per heavy atom. The van der Waals surface area contributed by atoms with Crippen LogP contribution in [-0.4, -0.2) is 32.0 Å². The first kappa shape index (κ1) is 12.4. The molecule has 0 N–H and O–H groups in total. The van der Waals surface area contributed by atoms with Crippen LogP contribution in [0.1, 0.15) is 22.9 Å². The van der Waals surface area contributed by atoms with E-state index in [0.717, 1.165) is 12.8 Å². The van der Waals surface area contributed by atoms with Crippen LogP contribution in [0.25, 0.3) is 0 Å². The van der Waals surface area contributed by atoms with Gasteiger partial charge in [0.1, 0.15) is 12.7 Å². The first-order chi connectivity index (χ1) is 12.4. The average Bonchev–Trinajstić information content (AvgIpc) is 3.35. The van der Waals surface area contributed by atoms with Gasteiger partial charge in [0, 0.05) is 47.8 Å². The molecule has 0 radical (unpaired) electrons. The summed E-state index contributed by atoms with van der Waals surface area (Å²) >= 11 is 0. The molecule has 6 heteroatoms. The second kappa shape index (κ2) is 3.96. The number of benzene rings is 1. The Bertz CT molecular complexity index is 984. The number of rotatable bonds is 0. The predicted octanol–water partition coefficient (Wildman–Crippen LogP) is 2.50. The molecule has 120 valence electrons. The number of hydrogen-bond acceptors (Lipinski definition) is 6. The minimum absolute atomic E-state index is 0.431. The van der Waals surface area contributed by atoms with Gasteiger partial charge in [-0.05, 0) is 12.1 Å². The zero-order valence-electron chi connectivity index (χ0n) is 13.4. The Kier molecular flexibility index (Phi) is 1.96. The quantitative estimate of drug-likeness (QED) is 0.633. The van der Waals surface area contributed by atoms with E-state index < -0.39 is 0 Å². The van der Waals surface area contributed by atoms with Crippen molar-refractivity contribution in [1.29, 1.82) is 0 Å². The summed E-state index contributed by atoms with van der Waals surface area (Å²) in [5.41, 5.74) is 8.84. The summed E-state index contributed by atoms with van der Waals surface area (Å²) in [5, 5.41) is 0. The molecule has 2 atom stereocenters. The van der Waals surface area contributed by atoms with Crippen LogP contribution < -0.4 is 9.80 Å². The second-order valence-electron chi connectivity index (χ2n) is 7.23. The highest BCUT2D eigenvalue weighted by molar-refractivity contribution is 5.89.